The summed E-state index contributed by atoms with van der Waals surface area (Å²) in [5.74, 6) is 1.16. The van der Waals surface area contributed by atoms with Gasteiger partial charge in [-0.05, 0) is 44.6 Å². The molecule has 1 aliphatic carbocycles. The minimum Gasteiger partial charge on any atom is -0.313 e. The molecule has 0 aromatic rings. The Morgan fingerprint density at radius 2 is 2.00 bits per heavy atom. The summed E-state index contributed by atoms with van der Waals surface area (Å²) in [7, 11) is -3.14. The molecule has 2 N–H and O–H groups in total. The fourth-order valence-electron chi connectivity index (χ4n) is 1.63. The lowest BCUT2D eigenvalue weighted by Crippen LogP contribution is -2.39. The molecule has 1 fully saturated rings. The molecular weight excluding hydrogens is 268 g/mol. The highest BCUT2D eigenvalue weighted by Gasteiger charge is 2.25. The molecule has 1 rings (SSSR count). The van der Waals surface area contributed by atoms with Gasteiger partial charge in [-0.2, -0.15) is 11.8 Å². The Kier molecular flexibility index (Phi) is 7.60. The highest BCUT2D eigenvalue weighted by atomic mass is 32.2. The first-order valence-electron chi connectivity index (χ1n) is 6.77. The Labute approximate surface area is 116 Å². The SMILES string of the molecule is CSCCCCCNS(=O)(=O)C(C)CNC1CC1. The van der Waals surface area contributed by atoms with Crippen LogP contribution in [0.2, 0.25) is 0 Å². The molecule has 1 saturated carbocycles. The highest BCUT2D eigenvalue weighted by Crippen LogP contribution is 2.18. The second-order valence-corrected chi connectivity index (χ2v) is 8.15. The summed E-state index contributed by atoms with van der Waals surface area (Å²) in [5, 5.41) is 2.92. The summed E-state index contributed by atoms with van der Waals surface area (Å²) in [6.07, 6.45) is 7.67. The van der Waals surface area contributed by atoms with E-state index in [2.05, 4.69) is 16.3 Å². The number of nitrogens with one attached hydrogen (secondary N) is 2. The van der Waals surface area contributed by atoms with Gasteiger partial charge in [0.2, 0.25) is 10.0 Å². The van der Waals surface area contributed by atoms with E-state index in [9.17, 15) is 8.42 Å². The summed E-state index contributed by atoms with van der Waals surface area (Å²) in [6.45, 7) is 2.91. The van der Waals surface area contributed by atoms with E-state index in [1.54, 1.807) is 6.92 Å². The maximum Gasteiger partial charge on any atom is 0.215 e. The third-order valence-corrected chi connectivity index (χ3v) is 5.66. The van der Waals surface area contributed by atoms with E-state index in [0.717, 1.165) is 18.6 Å². The monoisotopic (exact) mass is 294 g/mol. The molecule has 1 unspecified atom stereocenters. The van der Waals surface area contributed by atoms with E-state index < -0.39 is 10.0 Å². The van der Waals surface area contributed by atoms with Crippen molar-refractivity contribution in [3.63, 3.8) is 0 Å². The molecule has 6 heteroatoms. The van der Waals surface area contributed by atoms with Crippen molar-refractivity contribution in [2.24, 2.45) is 0 Å². The summed E-state index contributed by atoms with van der Waals surface area (Å²) < 4.78 is 26.5. The van der Waals surface area contributed by atoms with Crippen LogP contribution in [0.5, 0.6) is 0 Å². The lowest BCUT2D eigenvalue weighted by Gasteiger charge is -2.14. The lowest BCUT2D eigenvalue weighted by atomic mass is 10.2. The largest absolute Gasteiger partial charge is 0.313 e. The van der Waals surface area contributed by atoms with Crippen LogP contribution in [-0.2, 0) is 10.0 Å². The number of sulfonamides is 1. The molecule has 1 atom stereocenters. The van der Waals surface area contributed by atoms with Crippen molar-refractivity contribution < 1.29 is 8.42 Å². The predicted octanol–water partition coefficient (Wildman–Crippen LogP) is 1.58. The van der Waals surface area contributed by atoms with Crippen molar-refractivity contribution in [2.45, 2.75) is 50.3 Å². The minimum atomic E-state index is -3.14. The van der Waals surface area contributed by atoms with Gasteiger partial charge >= 0.3 is 0 Å². The molecule has 0 bridgehead atoms. The Bertz CT molecular complexity index is 316. The first kappa shape index (κ1) is 16.3. The van der Waals surface area contributed by atoms with Gasteiger partial charge < -0.3 is 5.32 Å². The van der Waals surface area contributed by atoms with Crippen LogP contribution in [-0.4, -0.2) is 44.8 Å². The predicted molar refractivity (Wildman–Crippen MR) is 79.6 cm³/mol. The normalized spacial score (nSPS) is 17.9. The minimum absolute atomic E-state index is 0.343. The van der Waals surface area contributed by atoms with Crippen molar-refractivity contribution >= 4 is 21.8 Å². The van der Waals surface area contributed by atoms with Gasteiger partial charge in [-0.25, -0.2) is 13.1 Å². The molecule has 108 valence electrons. The van der Waals surface area contributed by atoms with E-state index in [4.69, 9.17) is 0 Å². The second-order valence-electron chi connectivity index (χ2n) is 4.99. The van der Waals surface area contributed by atoms with Crippen molar-refractivity contribution in [2.75, 3.05) is 25.1 Å². The Morgan fingerprint density at radius 1 is 1.28 bits per heavy atom. The highest BCUT2D eigenvalue weighted by molar-refractivity contribution is 7.98. The molecule has 0 aromatic heterocycles. The molecule has 0 amide bonds. The molecule has 0 radical (unpaired) electrons. The molecule has 0 spiro atoms. The first-order chi connectivity index (χ1) is 8.56. The summed E-state index contributed by atoms with van der Waals surface area (Å²) in [4.78, 5) is 0. The van der Waals surface area contributed by atoms with E-state index in [1.807, 2.05) is 11.8 Å². The van der Waals surface area contributed by atoms with Gasteiger partial charge in [0.15, 0.2) is 0 Å². The van der Waals surface area contributed by atoms with Crippen molar-refractivity contribution in [1.29, 1.82) is 0 Å². The van der Waals surface area contributed by atoms with Crippen LogP contribution in [0.25, 0.3) is 0 Å². The summed E-state index contributed by atoms with van der Waals surface area (Å²) in [6, 6.07) is 0.564. The maximum absolute atomic E-state index is 11.9. The Balaban J connectivity index is 2.09. The van der Waals surface area contributed by atoms with Crippen molar-refractivity contribution in [1.82, 2.24) is 10.0 Å². The molecule has 4 nitrogen and oxygen atoms in total. The third kappa shape index (κ3) is 6.97. The zero-order valence-corrected chi connectivity index (χ0v) is 13.1. The number of thioether (sulfide) groups is 1. The fourth-order valence-corrected chi connectivity index (χ4v) is 3.16. The topological polar surface area (TPSA) is 58.2 Å². The Hall–Kier alpha value is 0.220. The van der Waals surface area contributed by atoms with Gasteiger partial charge in [-0.1, -0.05) is 6.42 Å². The van der Waals surface area contributed by atoms with Gasteiger partial charge in [-0.15, -0.1) is 0 Å². The number of rotatable bonds is 11. The van der Waals surface area contributed by atoms with Crippen LogP contribution < -0.4 is 10.0 Å². The second kappa shape index (κ2) is 8.40. The number of unbranched alkanes of at least 4 members (excludes halogenated alkanes) is 2. The zero-order valence-electron chi connectivity index (χ0n) is 11.4. The van der Waals surface area contributed by atoms with Crippen LogP contribution in [0, 0.1) is 0 Å². The van der Waals surface area contributed by atoms with E-state index in [0.29, 0.717) is 19.1 Å². The molecule has 18 heavy (non-hydrogen) atoms. The maximum atomic E-state index is 11.9. The van der Waals surface area contributed by atoms with Crippen LogP contribution in [0.4, 0.5) is 0 Å². The Morgan fingerprint density at radius 3 is 2.61 bits per heavy atom. The molecule has 0 aromatic carbocycles. The van der Waals surface area contributed by atoms with Gasteiger partial charge in [-0.3, -0.25) is 0 Å². The third-order valence-electron chi connectivity index (χ3n) is 3.13. The van der Waals surface area contributed by atoms with Gasteiger partial charge in [0.1, 0.15) is 0 Å². The average molecular weight is 294 g/mol. The first-order valence-corrected chi connectivity index (χ1v) is 9.71. The van der Waals surface area contributed by atoms with E-state index >= 15 is 0 Å². The van der Waals surface area contributed by atoms with Crippen LogP contribution in [0.15, 0.2) is 0 Å². The van der Waals surface area contributed by atoms with Crippen LogP contribution in [0.3, 0.4) is 0 Å². The number of hydrogen-bond acceptors (Lipinski definition) is 4. The van der Waals surface area contributed by atoms with Crippen LogP contribution in [0.1, 0.15) is 39.0 Å². The van der Waals surface area contributed by atoms with Gasteiger partial charge in [0.05, 0.1) is 5.25 Å². The molecule has 0 aliphatic heterocycles. The lowest BCUT2D eigenvalue weighted by molar-refractivity contribution is 0.553. The molecule has 0 heterocycles. The van der Waals surface area contributed by atoms with E-state index in [-0.39, 0.29) is 5.25 Å². The van der Waals surface area contributed by atoms with Gasteiger partial charge in [0, 0.05) is 19.1 Å². The molecule has 1 aliphatic rings. The standard InChI is InChI=1S/C12H26N2O2S2/c1-11(10-13-12-6-7-12)18(15,16)14-8-4-3-5-9-17-2/h11-14H,3-10H2,1-2H3. The average Bonchev–Trinajstić information content (AvgIpc) is 3.14. The molecular formula is C12H26N2O2S2. The quantitative estimate of drug-likeness (QED) is 0.568. The summed E-state index contributed by atoms with van der Waals surface area (Å²) in [5.41, 5.74) is 0. The number of hydrogen-bond donors (Lipinski definition) is 2. The van der Waals surface area contributed by atoms with Crippen molar-refractivity contribution in [3.8, 4) is 0 Å². The summed E-state index contributed by atoms with van der Waals surface area (Å²) >= 11 is 1.84. The fraction of sp³-hybridized carbons (Fsp3) is 1.00. The van der Waals surface area contributed by atoms with E-state index in [1.165, 1.54) is 19.3 Å². The van der Waals surface area contributed by atoms with Gasteiger partial charge in [0.25, 0.3) is 0 Å². The zero-order chi connectivity index (χ0) is 13.4. The van der Waals surface area contributed by atoms with Crippen molar-refractivity contribution in [3.05, 3.63) is 0 Å². The van der Waals surface area contributed by atoms with Crippen LogP contribution >= 0.6 is 11.8 Å². The smallest absolute Gasteiger partial charge is 0.215 e. The molecule has 0 saturated heterocycles.